The van der Waals surface area contributed by atoms with Crippen molar-refractivity contribution >= 4 is 17.7 Å². The molecule has 0 unspecified atom stereocenters. The number of aryl methyl sites for hydroxylation is 1. The number of aromatic amines is 1. The van der Waals surface area contributed by atoms with Gasteiger partial charge in [0.1, 0.15) is 5.03 Å². The maximum Gasteiger partial charge on any atom is 0.339 e. The Labute approximate surface area is 119 Å². The van der Waals surface area contributed by atoms with Gasteiger partial charge < -0.3 is 9.72 Å². The average molecular weight is 291 g/mol. The van der Waals surface area contributed by atoms with Gasteiger partial charge in [0.2, 0.25) is 0 Å². The van der Waals surface area contributed by atoms with E-state index in [1.54, 1.807) is 26.0 Å². The van der Waals surface area contributed by atoms with Crippen molar-refractivity contribution in [1.29, 1.82) is 0 Å². The molecule has 0 aliphatic rings. The van der Waals surface area contributed by atoms with Crippen LogP contribution in [0, 0.1) is 6.92 Å². The number of pyridine rings is 1. The van der Waals surface area contributed by atoms with Gasteiger partial charge >= 0.3 is 5.97 Å². The number of hydrogen-bond donors (Lipinski definition) is 1. The minimum absolute atomic E-state index is 0.205. The van der Waals surface area contributed by atoms with E-state index in [0.717, 1.165) is 0 Å². The third-order valence-electron chi connectivity index (χ3n) is 2.30. The molecule has 0 amide bonds. The molecule has 2 rings (SSSR count). The topological polar surface area (TPSA) is 84.9 Å². The highest BCUT2D eigenvalue weighted by molar-refractivity contribution is 7.99. The van der Waals surface area contributed by atoms with Gasteiger partial charge in [-0.2, -0.15) is 0 Å². The summed E-state index contributed by atoms with van der Waals surface area (Å²) in [6, 6.07) is 4.72. The molecule has 0 saturated heterocycles. The van der Waals surface area contributed by atoms with Crippen LogP contribution in [0.3, 0.4) is 0 Å². The molecule has 2 aromatic rings. The summed E-state index contributed by atoms with van der Waals surface area (Å²) in [5, 5.41) is 1.10. The predicted octanol–water partition coefficient (Wildman–Crippen LogP) is 1.80. The average Bonchev–Trinajstić information content (AvgIpc) is 2.38. The highest BCUT2D eigenvalue weighted by Crippen LogP contribution is 2.21. The number of H-pyrrole nitrogens is 1. The van der Waals surface area contributed by atoms with Gasteiger partial charge in [-0.15, -0.1) is 0 Å². The molecule has 0 fully saturated rings. The van der Waals surface area contributed by atoms with Gasteiger partial charge in [-0.25, -0.2) is 14.8 Å². The van der Waals surface area contributed by atoms with E-state index in [1.807, 2.05) is 0 Å². The molecule has 0 spiro atoms. The monoisotopic (exact) mass is 291 g/mol. The Bertz CT molecular complexity index is 667. The van der Waals surface area contributed by atoms with E-state index in [-0.39, 0.29) is 5.56 Å². The van der Waals surface area contributed by atoms with Crippen LogP contribution in [0.15, 0.2) is 39.4 Å². The number of nitrogens with zero attached hydrogens (tertiary/aromatic N) is 2. The van der Waals surface area contributed by atoms with Crippen molar-refractivity contribution in [3.63, 3.8) is 0 Å². The number of ether oxygens (including phenoxy) is 1. The van der Waals surface area contributed by atoms with E-state index in [4.69, 9.17) is 4.74 Å². The second kappa shape index (κ2) is 6.33. The van der Waals surface area contributed by atoms with Crippen LogP contribution in [0.4, 0.5) is 0 Å². The number of aromatic nitrogens is 3. The first-order valence-electron chi connectivity index (χ1n) is 5.97. The lowest BCUT2D eigenvalue weighted by Crippen LogP contribution is -2.08. The molecule has 7 heteroatoms. The van der Waals surface area contributed by atoms with Crippen molar-refractivity contribution in [2.24, 2.45) is 0 Å². The van der Waals surface area contributed by atoms with Crippen molar-refractivity contribution in [3.05, 3.63) is 46.0 Å². The lowest BCUT2D eigenvalue weighted by Gasteiger charge is -2.03. The molecule has 104 valence electrons. The van der Waals surface area contributed by atoms with Crippen molar-refractivity contribution in [2.75, 3.05) is 6.61 Å². The highest BCUT2D eigenvalue weighted by atomic mass is 32.2. The number of carbonyl (C=O) groups is 1. The van der Waals surface area contributed by atoms with Crippen LogP contribution in [0.25, 0.3) is 0 Å². The van der Waals surface area contributed by atoms with E-state index in [9.17, 15) is 9.59 Å². The Morgan fingerprint density at radius 3 is 2.85 bits per heavy atom. The van der Waals surface area contributed by atoms with Gasteiger partial charge in [0, 0.05) is 18.0 Å². The molecule has 6 nitrogen and oxygen atoms in total. The fourth-order valence-electron chi connectivity index (χ4n) is 1.47. The van der Waals surface area contributed by atoms with Gasteiger partial charge in [-0.05, 0) is 37.7 Å². The molecular weight excluding hydrogens is 278 g/mol. The number of nitrogens with one attached hydrogen (secondary N) is 1. The van der Waals surface area contributed by atoms with E-state index in [1.165, 1.54) is 24.0 Å². The molecule has 2 heterocycles. The SMILES string of the molecule is CCOC(=O)c1ccc(Sc2nc(C)cc(=O)[nH]2)nc1. The molecule has 20 heavy (non-hydrogen) atoms. The maximum absolute atomic E-state index is 11.5. The predicted molar refractivity (Wildman–Crippen MR) is 73.9 cm³/mol. The van der Waals surface area contributed by atoms with E-state index < -0.39 is 5.97 Å². The zero-order valence-electron chi connectivity index (χ0n) is 11.0. The van der Waals surface area contributed by atoms with Gasteiger partial charge in [-0.1, -0.05) is 0 Å². The van der Waals surface area contributed by atoms with Crippen LogP contribution in [-0.4, -0.2) is 27.5 Å². The number of hydrogen-bond acceptors (Lipinski definition) is 6. The molecule has 0 aliphatic heterocycles. The van der Waals surface area contributed by atoms with Crippen molar-refractivity contribution in [1.82, 2.24) is 15.0 Å². The van der Waals surface area contributed by atoms with Gasteiger partial charge in [0.05, 0.1) is 12.2 Å². The van der Waals surface area contributed by atoms with Crippen LogP contribution in [0.2, 0.25) is 0 Å². The summed E-state index contributed by atoms with van der Waals surface area (Å²) in [6.45, 7) is 3.82. The summed E-state index contributed by atoms with van der Waals surface area (Å²) in [6.07, 6.45) is 1.44. The third kappa shape index (κ3) is 3.67. The number of carbonyl (C=O) groups excluding carboxylic acids is 1. The quantitative estimate of drug-likeness (QED) is 0.683. The van der Waals surface area contributed by atoms with E-state index >= 15 is 0 Å². The summed E-state index contributed by atoms with van der Waals surface area (Å²) >= 11 is 1.22. The molecule has 0 aliphatic carbocycles. The van der Waals surface area contributed by atoms with Crippen molar-refractivity contribution in [3.8, 4) is 0 Å². The second-order valence-electron chi connectivity index (χ2n) is 3.90. The van der Waals surface area contributed by atoms with Gasteiger partial charge in [0.15, 0.2) is 5.16 Å². The molecule has 0 radical (unpaired) electrons. The van der Waals surface area contributed by atoms with E-state index in [0.29, 0.717) is 28.0 Å². The Morgan fingerprint density at radius 2 is 2.25 bits per heavy atom. The molecular formula is C13H13N3O3S. The van der Waals surface area contributed by atoms with Gasteiger partial charge in [0.25, 0.3) is 5.56 Å². The molecule has 2 aromatic heterocycles. The Hall–Kier alpha value is -2.15. The molecule has 0 aromatic carbocycles. The van der Waals surface area contributed by atoms with Crippen molar-refractivity contribution < 1.29 is 9.53 Å². The third-order valence-corrected chi connectivity index (χ3v) is 3.13. The van der Waals surface area contributed by atoms with Gasteiger partial charge in [-0.3, -0.25) is 4.79 Å². The molecule has 0 bridgehead atoms. The Kier molecular flexibility index (Phi) is 4.52. The van der Waals surface area contributed by atoms with Crippen LogP contribution >= 0.6 is 11.8 Å². The lowest BCUT2D eigenvalue weighted by molar-refractivity contribution is 0.0525. The number of rotatable bonds is 4. The zero-order chi connectivity index (χ0) is 14.5. The minimum atomic E-state index is -0.404. The summed E-state index contributed by atoms with van der Waals surface area (Å²) in [7, 11) is 0. The number of esters is 1. The Balaban J connectivity index is 2.14. The standard InChI is InChI=1S/C13H13N3O3S/c1-3-19-12(18)9-4-5-11(14-7-9)20-13-15-8(2)6-10(17)16-13/h4-7H,3H2,1-2H3,(H,15,16,17). The van der Waals surface area contributed by atoms with Crippen molar-refractivity contribution in [2.45, 2.75) is 24.0 Å². The summed E-state index contributed by atoms with van der Waals surface area (Å²) in [4.78, 5) is 33.7. The second-order valence-corrected chi connectivity index (χ2v) is 4.91. The highest BCUT2D eigenvalue weighted by Gasteiger charge is 2.08. The summed E-state index contributed by atoms with van der Waals surface area (Å²) in [5.74, 6) is -0.404. The smallest absolute Gasteiger partial charge is 0.339 e. The molecule has 0 atom stereocenters. The fraction of sp³-hybridized carbons (Fsp3) is 0.231. The summed E-state index contributed by atoms with van der Waals surface area (Å²) in [5.41, 5.74) is 0.824. The largest absolute Gasteiger partial charge is 0.462 e. The van der Waals surface area contributed by atoms with Crippen LogP contribution in [-0.2, 0) is 4.74 Å². The molecule has 1 N–H and O–H groups in total. The van der Waals surface area contributed by atoms with Crippen LogP contribution in [0.1, 0.15) is 23.0 Å². The van der Waals surface area contributed by atoms with Crippen LogP contribution < -0.4 is 5.56 Å². The minimum Gasteiger partial charge on any atom is -0.462 e. The Morgan fingerprint density at radius 1 is 1.45 bits per heavy atom. The fourth-order valence-corrected chi connectivity index (χ4v) is 2.26. The normalized spacial score (nSPS) is 10.3. The van der Waals surface area contributed by atoms with E-state index in [2.05, 4.69) is 15.0 Å². The first-order valence-corrected chi connectivity index (χ1v) is 6.79. The lowest BCUT2D eigenvalue weighted by atomic mass is 10.3. The van der Waals surface area contributed by atoms with Crippen LogP contribution in [0.5, 0.6) is 0 Å². The first kappa shape index (κ1) is 14.3. The maximum atomic E-state index is 11.5. The first-order chi connectivity index (χ1) is 9.58. The molecule has 0 saturated carbocycles. The zero-order valence-corrected chi connectivity index (χ0v) is 11.9. The summed E-state index contributed by atoms with van der Waals surface area (Å²) < 4.78 is 4.87.